The predicted molar refractivity (Wildman–Crippen MR) is 97.3 cm³/mol. The van der Waals surface area contributed by atoms with Crippen LogP contribution in [0.2, 0.25) is 0 Å². The van der Waals surface area contributed by atoms with Crippen molar-refractivity contribution < 1.29 is 0 Å². The third kappa shape index (κ3) is 2.91. The Labute approximate surface area is 132 Å². The fourth-order valence-corrected chi connectivity index (χ4v) is 2.84. The molecule has 0 fully saturated rings. The smallest absolute Gasteiger partial charge is 0.116 e. The Bertz CT molecular complexity index is 713. The summed E-state index contributed by atoms with van der Waals surface area (Å²) in [6.45, 7) is 4.22. The summed E-state index contributed by atoms with van der Waals surface area (Å²) in [4.78, 5) is 0. The van der Waals surface area contributed by atoms with Crippen LogP contribution in [0, 0.1) is 0 Å². The summed E-state index contributed by atoms with van der Waals surface area (Å²) in [6.07, 6.45) is 11.8. The zero-order valence-electron chi connectivity index (χ0n) is 13.1. The minimum Gasteiger partial charge on any atom is -0.362 e. The lowest BCUT2D eigenvalue weighted by Crippen LogP contribution is -2.29. The Morgan fingerprint density at radius 2 is 1.77 bits per heavy atom. The number of hydrogen-bond acceptors (Lipinski definition) is 2. The Hall–Kier alpha value is -2.48. The predicted octanol–water partition coefficient (Wildman–Crippen LogP) is 5.47. The third-order valence-electron chi connectivity index (χ3n) is 3.93. The molecule has 0 spiro atoms. The normalized spacial score (nSPS) is 15.5. The molecule has 0 saturated heterocycles. The van der Waals surface area contributed by atoms with Crippen molar-refractivity contribution in [1.29, 1.82) is 0 Å². The van der Waals surface area contributed by atoms with Gasteiger partial charge in [0.15, 0.2) is 0 Å². The highest BCUT2D eigenvalue weighted by molar-refractivity contribution is 6.04. The average molecular weight is 290 g/mol. The van der Waals surface area contributed by atoms with Gasteiger partial charge in [0.1, 0.15) is 6.17 Å². The standard InChI is InChI=1S/C20H22N2/c1-3-8-15(4-2)9-5-14-19-21-17-12-6-10-16-11-7-13-18(22-19)20(16)17/h3,5-14,19,21-22H,4H2,1-2H3/b8-3-,14-5+,15-9-. The maximum Gasteiger partial charge on any atom is 0.116 e. The minimum absolute atomic E-state index is 0.112. The molecule has 1 aliphatic rings. The van der Waals surface area contributed by atoms with E-state index in [0.29, 0.717) is 0 Å². The molecule has 112 valence electrons. The number of rotatable bonds is 4. The first-order valence-electron chi connectivity index (χ1n) is 7.86. The molecule has 0 aromatic heterocycles. The number of anilines is 2. The zero-order chi connectivity index (χ0) is 15.4. The van der Waals surface area contributed by atoms with Crippen molar-refractivity contribution in [3.63, 3.8) is 0 Å². The van der Waals surface area contributed by atoms with E-state index in [4.69, 9.17) is 0 Å². The van der Waals surface area contributed by atoms with Gasteiger partial charge in [-0.15, -0.1) is 0 Å². The number of benzene rings is 2. The third-order valence-corrected chi connectivity index (χ3v) is 3.93. The summed E-state index contributed by atoms with van der Waals surface area (Å²) in [7, 11) is 0. The summed E-state index contributed by atoms with van der Waals surface area (Å²) in [5, 5.41) is 9.61. The number of allylic oxidation sites excluding steroid dienone is 5. The van der Waals surface area contributed by atoms with Gasteiger partial charge in [-0.3, -0.25) is 0 Å². The zero-order valence-corrected chi connectivity index (χ0v) is 13.1. The van der Waals surface area contributed by atoms with Gasteiger partial charge >= 0.3 is 0 Å². The second-order valence-corrected chi connectivity index (χ2v) is 5.46. The molecule has 0 saturated carbocycles. The van der Waals surface area contributed by atoms with E-state index in [-0.39, 0.29) is 6.17 Å². The van der Waals surface area contributed by atoms with Gasteiger partial charge in [0, 0.05) is 16.8 Å². The van der Waals surface area contributed by atoms with Crippen LogP contribution >= 0.6 is 0 Å². The van der Waals surface area contributed by atoms with Crippen LogP contribution in [0.4, 0.5) is 11.4 Å². The van der Waals surface area contributed by atoms with Gasteiger partial charge in [0.25, 0.3) is 0 Å². The SMILES string of the molecule is C\C=C/C(=C\C=C\C1Nc2cccc3cccc(c23)N1)CC. The molecule has 3 rings (SSSR count). The minimum atomic E-state index is 0.112. The maximum atomic E-state index is 3.54. The fourth-order valence-electron chi connectivity index (χ4n) is 2.84. The lowest BCUT2D eigenvalue weighted by molar-refractivity contribution is 1.01. The first-order valence-corrected chi connectivity index (χ1v) is 7.86. The molecule has 2 heteroatoms. The Balaban J connectivity index is 1.83. The second kappa shape index (κ2) is 6.52. The summed E-state index contributed by atoms with van der Waals surface area (Å²) in [5.74, 6) is 0. The quantitative estimate of drug-likeness (QED) is 0.729. The summed E-state index contributed by atoms with van der Waals surface area (Å²) >= 11 is 0. The van der Waals surface area contributed by atoms with Crippen LogP contribution in [-0.4, -0.2) is 6.17 Å². The molecule has 1 heterocycles. The van der Waals surface area contributed by atoms with E-state index in [0.717, 1.165) is 6.42 Å². The van der Waals surface area contributed by atoms with Gasteiger partial charge in [-0.2, -0.15) is 0 Å². The van der Waals surface area contributed by atoms with Gasteiger partial charge in [-0.25, -0.2) is 0 Å². The van der Waals surface area contributed by atoms with Crippen molar-refractivity contribution in [3.05, 3.63) is 72.4 Å². The number of hydrogen-bond donors (Lipinski definition) is 2. The molecule has 1 aliphatic heterocycles. The van der Waals surface area contributed by atoms with E-state index in [1.165, 1.54) is 27.7 Å². The van der Waals surface area contributed by atoms with E-state index < -0.39 is 0 Å². The van der Waals surface area contributed by atoms with E-state index in [1.54, 1.807) is 0 Å². The maximum absolute atomic E-state index is 3.54. The Morgan fingerprint density at radius 3 is 2.36 bits per heavy atom. The highest BCUT2D eigenvalue weighted by Gasteiger charge is 2.15. The fraction of sp³-hybridized carbons (Fsp3) is 0.200. The summed E-state index contributed by atoms with van der Waals surface area (Å²) < 4.78 is 0. The molecule has 2 aromatic rings. The first kappa shape index (κ1) is 14.5. The molecule has 0 aliphatic carbocycles. The lowest BCUT2D eigenvalue weighted by atomic mass is 10.0. The van der Waals surface area contributed by atoms with Crippen molar-refractivity contribution in [2.24, 2.45) is 0 Å². The van der Waals surface area contributed by atoms with Crippen molar-refractivity contribution in [3.8, 4) is 0 Å². The van der Waals surface area contributed by atoms with Crippen LogP contribution in [0.15, 0.2) is 72.4 Å². The van der Waals surface area contributed by atoms with Crippen molar-refractivity contribution in [1.82, 2.24) is 0 Å². The lowest BCUT2D eigenvalue weighted by Gasteiger charge is -2.27. The Kier molecular flexibility index (Phi) is 4.29. The van der Waals surface area contributed by atoms with Crippen molar-refractivity contribution >= 4 is 22.1 Å². The summed E-state index contributed by atoms with van der Waals surface area (Å²) in [5.41, 5.74) is 3.71. The molecule has 0 amide bonds. The van der Waals surface area contributed by atoms with Crippen molar-refractivity contribution in [2.75, 3.05) is 10.6 Å². The van der Waals surface area contributed by atoms with Crippen LogP contribution < -0.4 is 10.6 Å². The van der Waals surface area contributed by atoms with Gasteiger partial charge < -0.3 is 10.6 Å². The summed E-state index contributed by atoms with van der Waals surface area (Å²) in [6, 6.07) is 12.8. The highest BCUT2D eigenvalue weighted by Crippen LogP contribution is 2.34. The van der Waals surface area contributed by atoms with Crippen LogP contribution in [0.25, 0.3) is 10.8 Å². The molecular weight excluding hydrogens is 268 g/mol. The highest BCUT2D eigenvalue weighted by atomic mass is 15.1. The molecule has 0 unspecified atom stereocenters. The first-order chi connectivity index (χ1) is 10.8. The molecule has 0 radical (unpaired) electrons. The Morgan fingerprint density at radius 1 is 1.09 bits per heavy atom. The molecule has 2 nitrogen and oxygen atoms in total. The van der Waals surface area contributed by atoms with Crippen LogP contribution in [-0.2, 0) is 0 Å². The van der Waals surface area contributed by atoms with Gasteiger partial charge in [-0.1, -0.05) is 55.5 Å². The average Bonchev–Trinajstić information content (AvgIpc) is 2.54. The second-order valence-electron chi connectivity index (χ2n) is 5.46. The molecular formula is C20H22N2. The molecule has 22 heavy (non-hydrogen) atoms. The van der Waals surface area contributed by atoms with E-state index in [9.17, 15) is 0 Å². The van der Waals surface area contributed by atoms with Gasteiger partial charge in [0.05, 0.1) is 0 Å². The molecule has 2 N–H and O–H groups in total. The monoisotopic (exact) mass is 290 g/mol. The molecule has 0 bridgehead atoms. The molecule has 2 aromatic carbocycles. The number of nitrogens with one attached hydrogen (secondary N) is 2. The van der Waals surface area contributed by atoms with Crippen LogP contribution in [0.1, 0.15) is 20.3 Å². The van der Waals surface area contributed by atoms with Crippen molar-refractivity contribution in [2.45, 2.75) is 26.4 Å². The van der Waals surface area contributed by atoms with E-state index in [2.05, 4.69) is 91.3 Å². The largest absolute Gasteiger partial charge is 0.362 e. The van der Waals surface area contributed by atoms with Gasteiger partial charge in [0.2, 0.25) is 0 Å². The van der Waals surface area contributed by atoms with Crippen LogP contribution in [0.5, 0.6) is 0 Å². The van der Waals surface area contributed by atoms with Crippen LogP contribution in [0.3, 0.4) is 0 Å². The topological polar surface area (TPSA) is 24.1 Å². The molecule has 0 atom stereocenters. The van der Waals surface area contributed by atoms with Gasteiger partial charge in [-0.05, 0) is 42.5 Å². The van der Waals surface area contributed by atoms with E-state index >= 15 is 0 Å². The van der Waals surface area contributed by atoms with E-state index in [1.807, 2.05) is 0 Å².